The summed E-state index contributed by atoms with van der Waals surface area (Å²) in [5.41, 5.74) is 0. The predicted molar refractivity (Wildman–Crippen MR) is 74.5 cm³/mol. The zero-order valence-corrected chi connectivity index (χ0v) is 13.2. The molecule has 0 bridgehead atoms. The van der Waals surface area contributed by atoms with Crippen molar-refractivity contribution in [1.82, 2.24) is 15.1 Å². The predicted octanol–water partition coefficient (Wildman–Crippen LogP) is 1.19. The summed E-state index contributed by atoms with van der Waals surface area (Å²) in [6.45, 7) is 5.12. The fraction of sp³-hybridized carbons (Fsp3) is 0.600. The van der Waals surface area contributed by atoms with Gasteiger partial charge < -0.3 is 15.4 Å². The van der Waals surface area contributed by atoms with Crippen LogP contribution in [0.5, 0.6) is 0 Å². The smallest absolute Gasteiger partial charge is 0.358 e. The number of aromatic nitrogens is 2. The summed E-state index contributed by atoms with van der Waals surface area (Å²) in [4.78, 5) is 21.0. The van der Waals surface area contributed by atoms with Crippen LogP contribution in [0.15, 0.2) is 11.1 Å². The first-order valence-electron chi connectivity index (χ1n) is 6.06. The van der Waals surface area contributed by atoms with Crippen molar-refractivity contribution in [1.29, 1.82) is 0 Å². The summed E-state index contributed by atoms with van der Waals surface area (Å²) >= 11 is 0. The third-order valence-electron chi connectivity index (χ3n) is 2.89. The van der Waals surface area contributed by atoms with Gasteiger partial charge in [-0.1, -0.05) is 6.92 Å². The number of carbonyl (C=O) groups excluding carboxylic acids is 1. The van der Waals surface area contributed by atoms with Crippen molar-refractivity contribution in [3.05, 3.63) is 16.3 Å². The zero-order valence-electron chi connectivity index (χ0n) is 11.6. The lowest BCUT2D eigenvalue weighted by molar-refractivity contribution is -0.392. The Balaban J connectivity index is 3.15. The maximum absolute atomic E-state index is 11.9. The van der Waals surface area contributed by atoms with Gasteiger partial charge in [0.15, 0.2) is 0 Å². The topological polar surface area (TPSA) is 124 Å². The molecule has 0 saturated heterocycles. The Hall–Kier alpha value is -1.68. The number of hydrogen-bond donors (Lipinski definition) is 1. The van der Waals surface area contributed by atoms with Gasteiger partial charge in [0.1, 0.15) is 6.04 Å². The summed E-state index contributed by atoms with van der Waals surface area (Å²) in [7, 11) is 0.797. The second-order valence-electron chi connectivity index (χ2n) is 4.49. The van der Waals surface area contributed by atoms with Crippen LogP contribution >= 0.6 is 10.7 Å². The van der Waals surface area contributed by atoms with E-state index in [1.54, 1.807) is 6.92 Å². The van der Waals surface area contributed by atoms with Gasteiger partial charge in [-0.05, 0) is 25.2 Å². The first kappa shape index (κ1) is 17.4. The number of carbonyl (C=O) groups is 1. The lowest BCUT2D eigenvalue weighted by Gasteiger charge is -2.14. The summed E-state index contributed by atoms with van der Waals surface area (Å²) in [6.07, 6.45) is 1.58. The normalized spacial score (nSPS) is 14.5. The number of amides is 1. The Morgan fingerprint density at radius 3 is 2.52 bits per heavy atom. The van der Waals surface area contributed by atoms with Gasteiger partial charge in [-0.3, -0.25) is 4.79 Å². The Kier molecular flexibility index (Phi) is 5.29. The number of nitro groups is 1. The Labute approximate surface area is 125 Å². The number of nitrogens with zero attached hydrogens (tertiary/aromatic N) is 3. The van der Waals surface area contributed by atoms with Gasteiger partial charge in [-0.15, -0.1) is 0 Å². The van der Waals surface area contributed by atoms with E-state index in [0.717, 1.165) is 10.9 Å². The Bertz CT molecular complexity index is 656. The highest BCUT2D eigenvalue weighted by atomic mass is 35.7. The van der Waals surface area contributed by atoms with Crippen molar-refractivity contribution in [2.24, 2.45) is 0 Å². The molecule has 0 aliphatic rings. The van der Waals surface area contributed by atoms with Crippen molar-refractivity contribution in [3.63, 3.8) is 0 Å². The third-order valence-corrected chi connectivity index (χ3v) is 4.21. The molecule has 0 aliphatic carbocycles. The molecule has 1 rings (SSSR count). The molecule has 1 amide bonds. The molecular formula is C10H15ClN4O5S. The number of rotatable bonds is 6. The van der Waals surface area contributed by atoms with Crippen molar-refractivity contribution in [2.75, 3.05) is 0 Å². The van der Waals surface area contributed by atoms with E-state index in [0.29, 0.717) is 6.42 Å². The summed E-state index contributed by atoms with van der Waals surface area (Å²) in [5, 5.41) is 17.0. The molecule has 21 heavy (non-hydrogen) atoms. The standard InChI is InChI=1S/C10H15ClN4O5S/c1-4-6(2)12-10(16)7(3)14-5-8(21(11,19)20)9(13-14)15(17)18/h5-7H,4H2,1-3H3,(H,12,16). The molecule has 0 radical (unpaired) electrons. The minimum absolute atomic E-state index is 0.0817. The van der Waals surface area contributed by atoms with Crippen LogP contribution < -0.4 is 5.32 Å². The molecule has 0 saturated carbocycles. The van der Waals surface area contributed by atoms with E-state index < -0.39 is 36.6 Å². The number of halogens is 1. The highest BCUT2D eigenvalue weighted by Crippen LogP contribution is 2.26. The average molecular weight is 339 g/mol. The van der Waals surface area contributed by atoms with Crippen molar-refractivity contribution >= 4 is 31.5 Å². The molecule has 1 heterocycles. The molecule has 1 aromatic rings. The third kappa shape index (κ3) is 4.14. The molecule has 2 atom stereocenters. The van der Waals surface area contributed by atoms with Crippen LogP contribution in [0.3, 0.4) is 0 Å². The quantitative estimate of drug-likeness (QED) is 0.472. The average Bonchev–Trinajstić information content (AvgIpc) is 2.82. The van der Waals surface area contributed by atoms with Crippen molar-refractivity contribution < 1.29 is 18.1 Å². The molecule has 2 unspecified atom stereocenters. The number of hydrogen-bond acceptors (Lipinski definition) is 6. The van der Waals surface area contributed by atoms with Crippen LogP contribution in [-0.4, -0.2) is 35.1 Å². The van der Waals surface area contributed by atoms with Crippen LogP contribution in [0.2, 0.25) is 0 Å². The molecule has 1 N–H and O–H groups in total. The molecule has 1 aromatic heterocycles. The van der Waals surface area contributed by atoms with Crippen LogP contribution in [0.1, 0.15) is 33.2 Å². The van der Waals surface area contributed by atoms with Gasteiger partial charge in [0.25, 0.3) is 9.05 Å². The van der Waals surface area contributed by atoms with E-state index >= 15 is 0 Å². The van der Waals surface area contributed by atoms with Crippen LogP contribution in [0.25, 0.3) is 0 Å². The molecule has 11 heteroatoms. The van der Waals surface area contributed by atoms with Gasteiger partial charge in [-0.25, -0.2) is 8.42 Å². The van der Waals surface area contributed by atoms with E-state index in [2.05, 4.69) is 10.4 Å². The lowest BCUT2D eigenvalue weighted by atomic mass is 10.2. The number of nitrogens with one attached hydrogen (secondary N) is 1. The molecule has 9 nitrogen and oxygen atoms in total. The second-order valence-corrected chi connectivity index (χ2v) is 7.02. The summed E-state index contributed by atoms with van der Waals surface area (Å²) in [6, 6.07) is -0.994. The molecular weight excluding hydrogens is 324 g/mol. The van der Waals surface area contributed by atoms with E-state index in [1.165, 1.54) is 6.92 Å². The van der Waals surface area contributed by atoms with Crippen LogP contribution in [0.4, 0.5) is 5.82 Å². The van der Waals surface area contributed by atoms with Crippen LogP contribution in [0, 0.1) is 10.1 Å². The fourth-order valence-electron chi connectivity index (χ4n) is 1.45. The highest BCUT2D eigenvalue weighted by molar-refractivity contribution is 8.13. The first-order valence-corrected chi connectivity index (χ1v) is 8.37. The second kappa shape index (κ2) is 6.39. The van der Waals surface area contributed by atoms with E-state index in [1.807, 2.05) is 6.92 Å². The van der Waals surface area contributed by atoms with Crippen LogP contribution in [-0.2, 0) is 13.8 Å². The largest absolute Gasteiger partial charge is 0.410 e. The minimum atomic E-state index is -4.33. The van der Waals surface area contributed by atoms with E-state index in [-0.39, 0.29) is 6.04 Å². The Morgan fingerprint density at radius 2 is 2.14 bits per heavy atom. The molecule has 0 fully saturated rings. The van der Waals surface area contributed by atoms with Gasteiger partial charge >= 0.3 is 5.82 Å². The SMILES string of the molecule is CCC(C)NC(=O)C(C)n1cc(S(=O)(=O)Cl)c([N+](=O)[O-])n1. The lowest BCUT2D eigenvalue weighted by Crippen LogP contribution is -2.37. The van der Waals surface area contributed by atoms with Crippen molar-refractivity contribution in [2.45, 2.75) is 44.2 Å². The minimum Gasteiger partial charge on any atom is -0.358 e. The van der Waals surface area contributed by atoms with Gasteiger partial charge in [0.05, 0.1) is 11.3 Å². The molecule has 0 aromatic carbocycles. The maximum atomic E-state index is 11.9. The molecule has 0 spiro atoms. The van der Waals surface area contributed by atoms with Gasteiger partial charge in [0, 0.05) is 16.7 Å². The van der Waals surface area contributed by atoms with E-state index in [4.69, 9.17) is 10.7 Å². The fourth-order valence-corrected chi connectivity index (χ4v) is 2.34. The van der Waals surface area contributed by atoms with Gasteiger partial charge in [-0.2, -0.15) is 4.68 Å². The van der Waals surface area contributed by atoms with Gasteiger partial charge in [0.2, 0.25) is 10.8 Å². The monoisotopic (exact) mass is 338 g/mol. The molecule has 118 valence electrons. The Morgan fingerprint density at radius 1 is 1.57 bits per heavy atom. The molecule has 0 aliphatic heterocycles. The van der Waals surface area contributed by atoms with Crippen molar-refractivity contribution in [3.8, 4) is 0 Å². The van der Waals surface area contributed by atoms with E-state index in [9.17, 15) is 23.3 Å². The first-order chi connectivity index (χ1) is 9.57. The zero-order chi connectivity index (χ0) is 16.4. The summed E-state index contributed by atoms with van der Waals surface area (Å²) < 4.78 is 23.5. The highest BCUT2D eigenvalue weighted by Gasteiger charge is 2.32. The summed E-state index contributed by atoms with van der Waals surface area (Å²) in [5.74, 6) is -1.34. The maximum Gasteiger partial charge on any atom is 0.410 e.